The molecule has 0 spiro atoms. The summed E-state index contributed by atoms with van der Waals surface area (Å²) in [5.74, 6) is 0.00229. The standard InChI is InChI=1S/C25H22BrN3O2S/c1-3-17-8-6-7-16(2)23(17)28-22(30)15-32-25-27-21-10-5-4-9-20(21)24(31)29(25)19-13-11-18(26)12-14-19/h4-14H,3,15H2,1-2H3,(H,28,30). The highest BCUT2D eigenvalue weighted by molar-refractivity contribution is 9.10. The summed E-state index contributed by atoms with van der Waals surface area (Å²) in [4.78, 5) is 30.8. The monoisotopic (exact) mass is 507 g/mol. The maximum Gasteiger partial charge on any atom is 0.266 e. The van der Waals surface area contributed by atoms with E-state index in [9.17, 15) is 9.59 Å². The molecule has 0 aliphatic rings. The number of aryl methyl sites for hydroxylation is 2. The third-order valence-electron chi connectivity index (χ3n) is 5.17. The van der Waals surface area contributed by atoms with Gasteiger partial charge in [-0.05, 0) is 60.9 Å². The largest absolute Gasteiger partial charge is 0.325 e. The number of amides is 1. The van der Waals surface area contributed by atoms with E-state index in [0.717, 1.165) is 27.7 Å². The smallest absolute Gasteiger partial charge is 0.266 e. The molecule has 4 rings (SSSR count). The van der Waals surface area contributed by atoms with Crippen LogP contribution in [0, 0.1) is 6.92 Å². The van der Waals surface area contributed by atoms with Gasteiger partial charge in [0.05, 0.1) is 22.3 Å². The second kappa shape index (κ2) is 9.71. The quantitative estimate of drug-likeness (QED) is 0.266. The lowest BCUT2D eigenvalue weighted by molar-refractivity contribution is -0.113. The minimum atomic E-state index is -0.159. The number of halogens is 1. The zero-order valence-corrected chi connectivity index (χ0v) is 20.2. The Morgan fingerprint density at radius 2 is 1.81 bits per heavy atom. The van der Waals surface area contributed by atoms with E-state index in [4.69, 9.17) is 4.98 Å². The molecule has 4 aromatic rings. The van der Waals surface area contributed by atoms with Crippen LogP contribution in [0.2, 0.25) is 0 Å². The molecule has 0 saturated heterocycles. The molecule has 0 radical (unpaired) electrons. The fraction of sp³-hybridized carbons (Fsp3) is 0.160. The average Bonchev–Trinajstić information content (AvgIpc) is 2.80. The van der Waals surface area contributed by atoms with Crippen molar-refractivity contribution in [2.75, 3.05) is 11.1 Å². The van der Waals surface area contributed by atoms with Crippen molar-refractivity contribution in [2.45, 2.75) is 25.4 Å². The Morgan fingerprint density at radius 3 is 2.56 bits per heavy atom. The first kappa shape index (κ1) is 22.3. The van der Waals surface area contributed by atoms with Crippen molar-refractivity contribution in [1.29, 1.82) is 0 Å². The molecule has 0 saturated carbocycles. The number of nitrogens with zero attached hydrogens (tertiary/aromatic N) is 2. The first-order valence-electron chi connectivity index (χ1n) is 10.3. The van der Waals surface area contributed by atoms with Gasteiger partial charge in [-0.1, -0.05) is 64.9 Å². The number of rotatable bonds is 6. The number of carbonyl (C=O) groups excluding carboxylic acids is 1. The lowest BCUT2D eigenvalue weighted by Gasteiger charge is -2.15. The Morgan fingerprint density at radius 1 is 1.06 bits per heavy atom. The molecule has 1 N–H and O–H groups in total. The summed E-state index contributed by atoms with van der Waals surface area (Å²) < 4.78 is 2.49. The zero-order valence-electron chi connectivity index (χ0n) is 17.8. The van der Waals surface area contributed by atoms with E-state index in [2.05, 4.69) is 28.2 Å². The summed E-state index contributed by atoms with van der Waals surface area (Å²) in [6.07, 6.45) is 0.833. The first-order valence-corrected chi connectivity index (χ1v) is 12.0. The van der Waals surface area contributed by atoms with Crippen molar-refractivity contribution in [2.24, 2.45) is 0 Å². The molecule has 0 atom stereocenters. The number of hydrogen-bond donors (Lipinski definition) is 1. The number of benzene rings is 3. The summed E-state index contributed by atoms with van der Waals surface area (Å²) in [6, 6.07) is 20.7. The molecular weight excluding hydrogens is 486 g/mol. The van der Waals surface area contributed by atoms with Crippen molar-refractivity contribution in [1.82, 2.24) is 9.55 Å². The molecular formula is C25H22BrN3O2S. The predicted molar refractivity (Wildman–Crippen MR) is 135 cm³/mol. The number of carbonyl (C=O) groups is 1. The van der Waals surface area contributed by atoms with Crippen molar-refractivity contribution < 1.29 is 4.79 Å². The SMILES string of the molecule is CCc1cccc(C)c1NC(=O)CSc1nc2ccccc2c(=O)n1-c1ccc(Br)cc1. The van der Waals surface area contributed by atoms with Crippen molar-refractivity contribution in [3.05, 3.63) is 92.7 Å². The van der Waals surface area contributed by atoms with Crippen LogP contribution in [-0.4, -0.2) is 21.2 Å². The van der Waals surface area contributed by atoms with Gasteiger partial charge in [0.1, 0.15) is 0 Å². The lowest BCUT2D eigenvalue weighted by Crippen LogP contribution is -2.23. The number of fused-ring (bicyclic) bond motifs is 1. The molecule has 0 aliphatic heterocycles. The lowest BCUT2D eigenvalue weighted by atomic mass is 10.1. The number of nitrogens with one attached hydrogen (secondary N) is 1. The van der Waals surface area contributed by atoms with Gasteiger partial charge in [0, 0.05) is 10.2 Å². The minimum Gasteiger partial charge on any atom is -0.325 e. The van der Waals surface area contributed by atoms with E-state index in [1.165, 1.54) is 11.8 Å². The van der Waals surface area contributed by atoms with Crippen molar-refractivity contribution in [3.63, 3.8) is 0 Å². The highest BCUT2D eigenvalue weighted by Crippen LogP contribution is 2.24. The first-order chi connectivity index (χ1) is 15.5. The van der Waals surface area contributed by atoms with Crippen LogP contribution in [0.5, 0.6) is 0 Å². The molecule has 3 aromatic carbocycles. The summed E-state index contributed by atoms with van der Waals surface area (Å²) in [6.45, 7) is 4.05. The van der Waals surface area contributed by atoms with Crippen LogP contribution in [-0.2, 0) is 11.2 Å². The molecule has 0 bridgehead atoms. The van der Waals surface area contributed by atoms with Gasteiger partial charge >= 0.3 is 0 Å². The van der Waals surface area contributed by atoms with Crippen LogP contribution in [0.4, 0.5) is 5.69 Å². The highest BCUT2D eigenvalue weighted by atomic mass is 79.9. The number of hydrogen-bond acceptors (Lipinski definition) is 4. The predicted octanol–water partition coefficient (Wildman–Crippen LogP) is 5.75. The van der Waals surface area contributed by atoms with Gasteiger partial charge in [-0.3, -0.25) is 14.2 Å². The molecule has 0 aliphatic carbocycles. The van der Waals surface area contributed by atoms with E-state index < -0.39 is 0 Å². The molecule has 32 heavy (non-hydrogen) atoms. The van der Waals surface area contributed by atoms with E-state index in [1.54, 1.807) is 10.6 Å². The van der Waals surface area contributed by atoms with Crippen LogP contribution < -0.4 is 10.9 Å². The number of thioether (sulfide) groups is 1. The van der Waals surface area contributed by atoms with E-state index in [-0.39, 0.29) is 17.2 Å². The van der Waals surface area contributed by atoms with Gasteiger partial charge in [-0.2, -0.15) is 0 Å². The fourth-order valence-electron chi connectivity index (χ4n) is 3.53. The molecule has 0 unspecified atom stereocenters. The summed E-state index contributed by atoms with van der Waals surface area (Å²) in [5.41, 5.74) is 4.13. The topological polar surface area (TPSA) is 64.0 Å². The number of anilines is 1. The van der Waals surface area contributed by atoms with Crippen LogP contribution in [0.3, 0.4) is 0 Å². The molecule has 0 fully saturated rings. The molecule has 1 heterocycles. The summed E-state index contributed by atoms with van der Waals surface area (Å²) in [5, 5.41) is 4.05. The van der Waals surface area contributed by atoms with Gasteiger partial charge in [0.25, 0.3) is 5.56 Å². The van der Waals surface area contributed by atoms with Crippen molar-refractivity contribution in [3.8, 4) is 5.69 Å². The third-order valence-corrected chi connectivity index (χ3v) is 6.63. The minimum absolute atomic E-state index is 0.135. The van der Waals surface area contributed by atoms with E-state index >= 15 is 0 Å². The highest BCUT2D eigenvalue weighted by Gasteiger charge is 2.16. The number of aromatic nitrogens is 2. The van der Waals surface area contributed by atoms with Gasteiger partial charge in [-0.25, -0.2) is 4.98 Å². The van der Waals surface area contributed by atoms with E-state index in [0.29, 0.717) is 21.7 Å². The van der Waals surface area contributed by atoms with E-state index in [1.807, 2.05) is 67.6 Å². The second-order valence-electron chi connectivity index (χ2n) is 7.33. The molecule has 5 nitrogen and oxygen atoms in total. The van der Waals surface area contributed by atoms with Crippen molar-refractivity contribution >= 4 is 50.2 Å². The maximum absolute atomic E-state index is 13.3. The second-order valence-corrected chi connectivity index (χ2v) is 9.19. The summed E-state index contributed by atoms with van der Waals surface area (Å²) in [7, 11) is 0. The van der Waals surface area contributed by atoms with Gasteiger partial charge < -0.3 is 5.32 Å². The molecule has 1 aromatic heterocycles. The van der Waals surface area contributed by atoms with Crippen LogP contribution in [0.15, 0.2) is 81.2 Å². The van der Waals surface area contributed by atoms with Gasteiger partial charge in [0.2, 0.25) is 5.91 Å². The summed E-state index contributed by atoms with van der Waals surface area (Å²) >= 11 is 4.68. The van der Waals surface area contributed by atoms with Crippen LogP contribution in [0.1, 0.15) is 18.1 Å². The Balaban J connectivity index is 1.67. The number of para-hydroxylation sites is 2. The van der Waals surface area contributed by atoms with Crippen LogP contribution >= 0.6 is 27.7 Å². The molecule has 1 amide bonds. The normalized spacial score (nSPS) is 11.0. The fourth-order valence-corrected chi connectivity index (χ4v) is 4.61. The van der Waals surface area contributed by atoms with Gasteiger partial charge in [0.15, 0.2) is 5.16 Å². The molecule has 162 valence electrons. The zero-order chi connectivity index (χ0) is 22.7. The Kier molecular flexibility index (Phi) is 6.77. The van der Waals surface area contributed by atoms with Gasteiger partial charge in [-0.15, -0.1) is 0 Å². The third kappa shape index (κ3) is 4.64. The Bertz CT molecular complexity index is 1350. The maximum atomic E-state index is 13.3. The molecule has 7 heteroatoms. The van der Waals surface area contributed by atoms with Crippen LogP contribution in [0.25, 0.3) is 16.6 Å². The average molecular weight is 508 g/mol. The Hall–Kier alpha value is -2.90. The Labute approximate surface area is 199 Å².